The molecular weight excluding hydrogens is 412 g/mol. The van der Waals surface area contributed by atoms with E-state index in [9.17, 15) is 14.9 Å². The number of carbonyl (C=O) groups is 2. The van der Waals surface area contributed by atoms with E-state index >= 15 is 0 Å². The van der Waals surface area contributed by atoms with E-state index in [2.05, 4.69) is 11.1 Å². The molecule has 5 nitrogen and oxygen atoms in total. The van der Waals surface area contributed by atoms with Gasteiger partial charge in [-0.1, -0.05) is 23.9 Å². The molecule has 0 aliphatic carbocycles. The Morgan fingerprint density at radius 1 is 1.21 bits per heavy atom. The molecule has 3 heterocycles. The quantitative estimate of drug-likeness (QED) is 0.285. The molecule has 3 aromatic rings. The Morgan fingerprint density at radius 3 is 2.54 bits per heavy atom. The maximum Gasteiger partial charge on any atom is 0.313 e. The molecule has 0 aromatic carbocycles. The normalized spacial score (nSPS) is 10.4. The predicted octanol–water partition coefficient (Wildman–Crippen LogP) is 5.02. The maximum absolute atomic E-state index is 12.1. The van der Waals surface area contributed by atoms with Crippen molar-refractivity contribution in [2.75, 3.05) is 12.4 Å². The van der Waals surface area contributed by atoms with E-state index in [-0.39, 0.29) is 24.6 Å². The summed E-state index contributed by atoms with van der Waals surface area (Å²) in [6, 6.07) is 12.0. The molecule has 0 bridgehead atoms. The highest BCUT2D eigenvalue weighted by Crippen LogP contribution is 2.37. The Labute approximate surface area is 175 Å². The Bertz CT molecular complexity index is 1010. The zero-order chi connectivity index (χ0) is 19.9. The molecular formula is C20H16N2O3S3. The Balaban J connectivity index is 1.92. The van der Waals surface area contributed by atoms with Crippen LogP contribution >= 0.6 is 34.4 Å². The van der Waals surface area contributed by atoms with Crippen LogP contribution < -0.4 is 0 Å². The van der Waals surface area contributed by atoms with E-state index in [0.29, 0.717) is 10.6 Å². The number of carbonyl (C=O) groups excluding carboxylic acids is 2. The zero-order valence-corrected chi connectivity index (χ0v) is 17.5. The van der Waals surface area contributed by atoms with Gasteiger partial charge in [-0.3, -0.25) is 9.59 Å². The first-order chi connectivity index (χ1) is 13.6. The van der Waals surface area contributed by atoms with Gasteiger partial charge < -0.3 is 4.74 Å². The van der Waals surface area contributed by atoms with Crippen molar-refractivity contribution in [2.24, 2.45) is 0 Å². The smallest absolute Gasteiger partial charge is 0.313 e. The molecule has 3 rings (SSSR count). The lowest BCUT2D eigenvalue weighted by molar-refractivity contribution is -0.145. The number of thioether (sulfide) groups is 1. The number of rotatable bonds is 8. The average molecular weight is 429 g/mol. The summed E-state index contributed by atoms with van der Waals surface area (Å²) < 4.78 is 4.81. The molecule has 0 saturated carbocycles. The number of pyridine rings is 1. The molecule has 142 valence electrons. The van der Waals surface area contributed by atoms with Gasteiger partial charge in [0.15, 0.2) is 5.78 Å². The number of hydrogen-bond acceptors (Lipinski definition) is 8. The fraction of sp³-hybridized carbons (Fsp3) is 0.200. The highest BCUT2D eigenvalue weighted by Gasteiger charge is 2.18. The third kappa shape index (κ3) is 4.87. The molecule has 0 fully saturated rings. The van der Waals surface area contributed by atoms with Crippen molar-refractivity contribution >= 4 is 46.2 Å². The number of Topliss-reactive ketones (excluding diaryl/α,β-unsaturated/α-hetero) is 1. The van der Waals surface area contributed by atoms with Crippen molar-refractivity contribution in [1.29, 1.82) is 5.26 Å². The van der Waals surface area contributed by atoms with Crippen LogP contribution in [0.1, 0.15) is 18.9 Å². The topological polar surface area (TPSA) is 80.1 Å². The monoisotopic (exact) mass is 428 g/mol. The Kier molecular flexibility index (Phi) is 6.98. The fourth-order valence-electron chi connectivity index (χ4n) is 2.48. The van der Waals surface area contributed by atoms with Gasteiger partial charge in [0.1, 0.15) is 17.5 Å². The van der Waals surface area contributed by atoms with Crippen LogP contribution in [0.4, 0.5) is 0 Å². The molecule has 3 aromatic heterocycles. The first-order valence-electron chi connectivity index (χ1n) is 8.45. The van der Waals surface area contributed by atoms with Crippen molar-refractivity contribution in [1.82, 2.24) is 4.98 Å². The lowest BCUT2D eigenvalue weighted by Gasteiger charge is -2.10. The predicted molar refractivity (Wildman–Crippen MR) is 113 cm³/mol. The Morgan fingerprint density at radius 2 is 1.93 bits per heavy atom. The molecule has 0 radical (unpaired) electrons. The molecule has 0 saturated heterocycles. The van der Waals surface area contributed by atoms with Gasteiger partial charge in [-0.2, -0.15) is 5.26 Å². The number of ketones is 1. The third-order valence-corrected chi connectivity index (χ3v) is 6.51. The second kappa shape index (κ2) is 9.64. The van der Waals surface area contributed by atoms with Gasteiger partial charge in [0.2, 0.25) is 0 Å². The van der Waals surface area contributed by atoms with Crippen LogP contribution in [0.15, 0.2) is 46.1 Å². The first kappa shape index (κ1) is 20.3. The van der Waals surface area contributed by atoms with Crippen LogP contribution in [0, 0.1) is 11.3 Å². The second-order valence-corrected chi connectivity index (χ2v) is 8.47. The second-order valence-electron chi connectivity index (χ2n) is 5.61. The lowest BCUT2D eigenvalue weighted by Crippen LogP contribution is -2.13. The number of thiophene rings is 2. The van der Waals surface area contributed by atoms with E-state index in [0.717, 1.165) is 21.0 Å². The standard InChI is InChI=1S/C20H16N2O3S3/c1-2-25-19(24)9-13(23)12-28-20-15(11-21)14(17-5-3-7-26-17)10-16(22-20)18-6-4-8-27-18/h3-8,10H,2,9,12H2,1H3. The van der Waals surface area contributed by atoms with Gasteiger partial charge in [0.25, 0.3) is 0 Å². The summed E-state index contributed by atoms with van der Waals surface area (Å²) in [5.74, 6) is -0.736. The van der Waals surface area contributed by atoms with Gasteiger partial charge in [0.05, 0.1) is 28.5 Å². The molecule has 0 unspecified atom stereocenters. The van der Waals surface area contributed by atoms with Crippen molar-refractivity contribution in [3.8, 4) is 27.1 Å². The number of ether oxygens (including phenoxy) is 1. The molecule has 0 amide bonds. The molecule has 0 N–H and O–H groups in total. The zero-order valence-electron chi connectivity index (χ0n) is 15.0. The van der Waals surface area contributed by atoms with Crippen LogP contribution in [0.5, 0.6) is 0 Å². The number of hydrogen-bond donors (Lipinski definition) is 0. The fourth-order valence-corrected chi connectivity index (χ4v) is 4.78. The van der Waals surface area contributed by atoms with Gasteiger partial charge >= 0.3 is 5.97 Å². The van der Waals surface area contributed by atoms with E-state index in [4.69, 9.17) is 4.74 Å². The number of aromatic nitrogens is 1. The largest absolute Gasteiger partial charge is 0.466 e. The van der Waals surface area contributed by atoms with Crippen LogP contribution in [-0.4, -0.2) is 29.1 Å². The van der Waals surface area contributed by atoms with Crippen molar-refractivity contribution < 1.29 is 14.3 Å². The summed E-state index contributed by atoms with van der Waals surface area (Å²) >= 11 is 4.29. The van der Waals surface area contributed by atoms with Crippen LogP contribution in [-0.2, 0) is 14.3 Å². The number of nitrogens with zero attached hydrogens (tertiary/aromatic N) is 2. The van der Waals surface area contributed by atoms with E-state index in [1.165, 1.54) is 11.8 Å². The summed E-state index contributed by atoms with van der Waals surface area (Å²) in [6.07, 6.45) is -0.273. The van der Waals surface area contributed by atoms with Gasteiger partial charge in [0, 0.05) is 10.4 Å². The minimum absolute atomic E-state index is 0.0538. The Hall–Kier alpha value is -2.47. The van der Waals surface area contributed by atoms with Crippen LogP contribution in [0.25, 0.3) is 21.0 Å². The van der Waals surface area contributed by atoms with Gasteiger partial charge in [-0.25, -0.2) is 4.98 Å². The summed E-state index contributed by atoms with van der Waals surface area (Å²) in [5.41, 5.74) is 2.01. The van der Waals surface area contributed by atoms with Crippen LogP contribution in [0.2, 0.25) is 0 Å². The number of esters is 1. The van der Waals surface area contributed by atoms with E-state index in [1.54, 1.807) is 29.6 Å². The minimum Gasteiger partial charge on any atom is -0.466 e. The van der Waals surface area contributed by atoms with Gasteiger partial charge in [-0.05, 0) is 35.9 Å². The van der Waals surface area contributed by atoms with E-state index in [1.807, 2.05) is 41.1 Å². The molecule has 0 spiro atoms. The molecule has 0 aliphatic rings. The summed E-state index contributed by atoms with van der Waals surface area (Å²) in [4.78, 5) is 30.2. The minimum atomic E-state index is -0.534. The maximum atomic E-state index is 12.1. The summed E-state index contributed by atoms with van der Waals surface area (Å²) in [6.45, 7) is 1.94. The van der Waals surface area contributed by atoms with Crippen molar-refractivity contribution in [3.05, 3.63) is 46.7 Å². The van der Waals surface area contributed by atoms with Crippen molar-refractivity contribution in [3.63, 3.8) is 0 Å². The third-order valence-electron chi connectivity index (χ3n) is 3.68. The first-order valence-corrected chi connectivity index (χ1v) is 11.2. The highest BCUT2D eigenvalue weighted by molar-refractivity contribution is 8.00. The van der Waals surface area contributed by atoms with Crippen molar-refractivity contribution in [2.45, 2.75) is 18.4 Å². The summed E-state index contributed by atoms with van der Waals surface area (Å²) in [5, 5.41) is 14.2. The number of nitriles is 1. The molecule has 8 heteroatoms. The summed E-state index contributed by atoms with van der Waals surface area (Å²) in [7, 11) is 0. The van der Waals surface area contributed by atoms with E-state index < -0.39 is 5.97 Å². The van der Waals surface area contributed by atoms with Crippen LogP contribution in [0.3, 0.4) is 0 Å². The average Bonchev–Trinajstić information content (AvgIpc) is 3.39. The van der Waals surface area contributed by atoms with Gasteiger partial charge in [-0.15, -0.1) is 22.7 Å². The molecule has 0 atom stereocenters. The SMILES string of the molecule is CCOC(=O)CC(=O)CSc1nc(-c2cccs2)cc(-c2cccs2)c1C#N. The molecule has 28 heavy (non-hydrogen) atoms. The lowest BCUT2D eigenvalue weighted by atomic mass is 10.1. The highest BCUT2D eigenvalue weighted by atomic mass is 32.2. The molecule has 0 aliphatic heterocycles.